The lowest BCUT2D eigenvalue weighted by atomic mass is 10.2. The summed E-state index contributed by atoms with van der Waals surface area (Å²) in [6.45, 7) is 5.22. The molecular weight excluding hydrogens is 244 g/mol. The van der Waals surface area contributed by atoms with Gasteiger partial charge in [-0.1, -0.05) is 31.1 Å². The van der Waals surface area contributed by atoms with Crippen LogP contribution in [0.15, 0.2) is 45.9 Å². The summed E-state index contributed by atoms with van der Waals surface area (Å²) in [5.41, 5.74) is 1.31. The maximum atomic E-state index is 5.08. The van der Waals surface area contributed by atoms with Crippen LogP contribution in [0, 0.1) is 0 Å². The van der Waals surface area contributed by atoms with E-state index in [0.29, 0.717) is 6.04 Å². The van der Waals surface area contributed by atoms with Crippen LogP contribution in [0.1, 0.15) is 25.2 Å². The summed E-state index contributed by atoms with van der Waals surface area (Å²) in [7, 11) is 0. The van der Waals surface area contributed by atoms with Gasteiger partial charge in [-0.3, -0.25) is 0 Å². The molecule has 2 rings (SSSR count). The third-order valence-electron chi connectivity index (χ3n) is 2.49. The molecule has 18 heavy (non-hydrogen) atoms. The summed E-state index contributed by atoms with van der Waals surface area (Å²) in [6, 6.07) is 11.0. The maximum absolute atomic E-state index is 5.08. The van der Waals surface area contributed by atoms with E-state index in [9.17, 15) is 0 Å². The van der Waals surface area contributed by atoms with Gasteiger partial charge in [-0.25, -0.2) is 0 Å². The van der Waals surface area contributed by atoms with Crippen LogP contribution in [-0.4, -0.2) is 11.2 Å². The Hall–Kier alpha value is -1.26. The number of rotatable bonds is 6. The van der Waals surface area contributed by atoms with Gasteiger partial charge in [0.2, 0.25) is 0 Å². The Kier molecular flexibility index (Phi) is 4.84. The lowest BCUT2D eigenvalue weighted by Gasteiger charge is -2.09. The highest BCUT2D eigenvalue weighted by molar-refractivity contribution is 7.98. The monoisotopic (exact) mass is 262 g/mol. The minimum atomic E-state index is 0.510. The fourth-order valence-corrected chi connectivity index (χ4v) is 2.41. The van der Waals surface area contributed by atoms with Crippen molar-refractivity contribution in [3.63, 3.8) is 0 Å². The summed E-state index contributed by atoms with van der Waals surface area (Å²) in [5.74, 6) is 1.73. The van der Waals surface area contributed by atoms with Crippen molar-refractivity contribution in [2.75, 3.05) is 0 Å². The van der Waals surface area contributed by atoms with Crippen LogP contribution < -0.4 is 5.32 Å². The van der Waals surface area contributed by atoms with Crippen molar-refractivity contribution < 1.29 is 4.52 Å². The summed E-state index contributed by atoms with van der Waals surface area (Å²) in [6.07, 6.45) is 1.68. The Morgan fingerprint density at radius 3 is 2.94 bits per heavy atom. The highest BCUT2D eigenvalue weighted by Crippen LogP contribution is 2.23. The van der Waals surface area contributed by atoms with Gasteiger partial charge in [0, 0.05) is 23.5 Å². The number of thioether (sulfide) groups is 1. The molecule has 0 saturated carbocycles. The molecule has 0 amide bonds. The zero-order chi connectivity index (χ0) is 12.8. The second-order valence-electron chi connectivity index (χ2n) is 4.45. The molecule has 2 aromatic rings. The molecule has 0 aliphatic rings. The predicted octanol–water partition coefficient (Wildman–Crippen LogP) is 3.46. The van der Waals surface area contributed by atoms with Gasteiger partial charge >= 0.3 is 0 Å². The van der Waals surface area contributed by atoms with E-state index in [1.54, 1.807) is 18.0 Å². The third kappa shape index (κ3) is 4.20. The van der Waals surface area contributed by atoms with Crippen molar-refractivity contribution in [3.05, 3.63) is 47.9 Å². The quantitative estimate of drug-likeness (QED) is 0.809. The van der Waals surface area contributed by atoms with Crippen molar-refractivity contribution in [3.8, 4) is 0 Å². The van der Waals surface area contributed by atoms with Crippen LogP contribution >= 0.6 is 11.8 Å². The van der Waals surface area contributed by atoms with Gasteiger partial charge in [-0.15, -0.1) is 11.8 Å². The van der Waals surface area contributed by atoms with E-state index in [-0.39, 0.29) is 0 Å². The Morgan fingerprint density at radius 2 is 2.22 bits per heavy atom. The number of benzene rings is 1. The zero-order valence-electron chi connectivity index (χ0n) is 10.7. The van der Waals surface area contributed by atoms with Crippen LogP contribution in [0.5, 0.6) is 0 Å². The summed E-state index contributed by atoms with van der Waals surface area (Å²) in [5, 5.41) is 7.12. The van der Waals surface area contributed by atoms with Crippen molar-refractivity contribution >= 4 is 11.8 Å². The van der Waals surface area contributed by atoms with E-state index >= 15 is 0 Å². The second-order valence-corrected chi connectivity index (χ2v) is 5.50. The molecule has 1 N–H and O–H groups in total. The minimum Gasteiger partial charge on any atom is -0.361 e. The topological polar surface area (TPSA) is 38.1 Å². The first-order valence-electron chi connectivity index (χ1n) is 6.09. The molecule has 0 spiro atoms. The lowest BCUT2D eigenvalue weighted by molar-refractivity contribution is 0.395. The molecule has 0 aliphatic carbocycles. The first-order chi connectivity index (χ1) is 8.74. The SMILES string of the molecule is CC(C)NCc1cccc(SCc2ccno2)c1. The molecule has 0 radical (unpaired) electrons. The standard InChI is InChI=1S/C14H18N2OS/c1-11(2)15-9-12-4-3-5-14(8-12)18-10-13-6-7-16-17-13/h3-8,11,15H,9-10H2,1-2H3. The molecule has 0 fully saturated rings. The Labute approximate surface area is 112 Å². The van der Waals surface area contributed by atoms with Crippen LogP contribution in [0.2, 0.25) is 0 Å². The van der Waals surface area contributed by atoms with Crippen molar-refractivity contribution in [2.45, 2.75) is 37.1 Å². The summed E-state index contributed by atoms with van der Waals surface area (Å²) in [4.78, 5) is 1.26. The molecule has 4 heteroatoms. The highest BCUT2D eigenvalue weighted by atomic mass is 32.2. The summed E-state index contributed by atoms with van der Waals surface area (Å²) < 4.78 is 5.08. The van der Waals surface area contributed by atoms with Gasteiger partial charge in [0.15, 0.2) is 0 Å². The molecule has 1 aromatic heterocycles. The highest BCUT2D eigenvalue weighted by Gasteiger charge is 2.01. The Bertz CT molecular complexity index is 468. The number of nitrogens with one attached hydrogen (secondary N) is 1. The Balaban J connectivity index is 1.90. The largest absolute Gasteiger partial charge is 0.361 e. The number of nitrogens with zero attached hydrogens (tertiary/aromatic N) is 1. The van der Waals surface area contributed by atoms with Crippen molar-refractivity contribution in [1.82, 2.24) is 10.5 Å². The first-order valence-corrected chi connectivity index (χ1v) is 7.07. The van der Waals surface area contributed by atoms with E-state index in [4.69, 9.17) is 4.52 Å². The van der Waals surface area contributed by atoms with Crippen molar-refractivity contribution in [1.29, 1.82) is 0 Å². The molecule has 1 heterocycles. The maximum Gasteiger partial charge on any atom is 0.146 e. The fourth-order valence-electron chi connectivity index (χ4n) is 1.54. The van der Waals surface area contributed by atoms with E-state index < -0.39 is 0 Å². The summed E-state index contributed by atoms with van der Waals surface area (Å²) >= 11 is 1.77. The number of hydrogen-bond acceptors (Lipinski definition) is 4. The van der Waals surface area contributed by atoms with Crippen LogP contribution in [0.4, 0.5) is 0 Å². The number of hydrogen-bond donors (Lipinski definition) is 1. The van der Waals surface area contributed by atoms with Gasteiger partial charge in [0.05, 0.1) is 11.9 Å². The minimum absolute atomic E-state index is 0.510. The molecule has 0 saturated heterocycles. The van der Waals surface area contributed by atoms with Gasteiger partial charge in [-0.2, -0.15) is 0 Å². The van der Waals surface area contributed by atoms with Gasteiger partial charge in [-0.05, 0) is 17.7 Å². The normalized spacial score (nSPS) is 11.1. The van der Waals surface area contributed by atoms with Crippen LogP contribution in [-0.2, 0) is 12.3 Å². The van der Waals surface area contributed by atoms with E-state index in [1.165, 1.54) is 10.5 Å². The fraction of sp³-hybridized carbons (Fsp3) is 0.357. The van der Waals surface area contributed by atoms with Gasteiger partial charge in [0.1, 0.15) is 5.76 Å². The Morgan fingerprint density at radius 1 is 1.33 bits per heavy atom. The third-order valence-corrected chi connectivity index (χ3v) is 3.50. The molecule has 96 valence electrons. The molecule has 0 aliphatic heterocycles. The molecule has 0 bridgehead atoms. The lowest BCUT2D eigenvalue weighted by Crippen LogP contribution is -2.21. The molecule has 1 aromatic carbocycles. The number of aromatic nitrogens is 1. The molecule has 0 unspecified atom stereocenters. The van der Waals surface area contributed by atoms with E-state index in [0.717, 1.165) is 18.1 Å². The zero-order valence-corrected chi connectivity index (χ0v) is 11.5. The molecule has 3 nitrogen and oxygen atoms in total. The van der Waals surface area contributed by atoms with Gasteiger partial charge in [0.25, 0.3) is 0 Å². The van der Waals surface area contributed by atoms with Gasteiger partial charge < -0.3 is 9.84 Å². The predicted molar refractivity (Wildman–Crippen MR) is 74.5 cm³/mol. The molecule has 0 atom stereocenters. The molecular formula is C14H18N2OS. The average molecular weight is 262 g/mol. The smallest absolute Gasteiger partial charge is 0.146 e. The second kappa shape index (κ2) is 6.61. The average Bonchev–Trinajstić information content (AvgIpc) is 2.87. The first kappa shape index (κ1) is 13.2. The van der Waals surface area contributed by atoms with E-state index in [1.807, 2.05) is 6.07 Å². The van der Waals surface area contributed by atoms with E-state index in [2.05, 4.69) is 48.6 Å². The van der Waals surface area contributed by atoms with Crippen molar-refractivity contribution in [2.24, 2.45) is 0 Å². The van der Waals surface area contributed by atoms with Crippen LogP contribution in [0.3, 0.4) is 0 Å². The van der Waals surface area contributed by atoms with Crippen LogP contribution in [0.25, 0.3) is 0 Å².